The van der Waals surface area contributed by atoms with Crippen LogP contribution in [0, 0.1) is 5.92 Å². The molecule has 2 fully saturated rings. The van der Waals surface area contributed by atoms with Gasteiger partial charge in [0.25, 0.3) is 11.8 Å². The van der Waals surface area contributed by atoms with Gasteiger partial charge in [0.15, 0.2) is 19.7 Å². The van der Waals surface area contributed by atoms with Crippen LogP contribution in [0.3, 0.4) is 0 Å². The van der Waals surface area contributed by atoms with Gasteiger partial charge < -0.3 is 29.2 Å². The Bertz CT molecular complexity index is 2110. The Labute approximate surface area is 318 Å². The van der Waals surface area contributed by atoms with Crippen LogP contribution >= 0.6 is 15.9 Å². The van der Waals surface area contributed by atoms with E-state index in [2.05, 4.69) is 15.9 Å². The van der Waals surface area contributed by atoms with Crippen LogP contribution in [0.5, 0.6) is 11.5 Å². The minimum Gasteiger partial charge on any atom is -0.454 e. The van der Waals surface area contributed by atoms with Gasteiger partial charge in [-0.2, -0.15) is 0 Å². The second-order valence-electron chi connectivity index (χ2n) is 15.1. The minimum absolute atomic E-state index is 0.0240. The van der Waals surface area contributed by atoms with Gasteiger partial charge in [0.2, 0.25) is 5.91 Å². The Kier molecular flexibility index (Phi) is 9.09. The molecule has 53 heavy (non-hydrogen) atoms. The van der Waals surface area contributed by atoms with Crippen LogP contribution in [0.15, 0.2) is 95.5 Å². The Morgan fingerprint density at radius 2 is 1.68 bits per heavy atom. The second kappa shape index (κ2) is 13.5. The average Bonchev–Trinajstić information content (AvgIpc) is 3.77. The third-order valence-electron chi connectivity index (χ3n) is 11.4. The number of halogens is 1. The van der Waals surface area contributed by atoms with E-state index in [4.69, 9.17) is 9.47 Å². The van der Waals surface area contributed by atoms with Gasteiger partial charge in [-0.25, -0.2) is 0 Å². The molecule has 0 bridgehead atoms. The van der Waals surface area contributed by atoms with Crippen LogP contribution in [0.1, 0.15) is 47.7 Å². The molecule has 0 aromatic heterocycles. The number of anilines is 3. The zero-order valence-electron chi connectivity index (χ0n) is 29.9. The van der Waals surface area contributed by atoms with Gasteiger partial charge in [-0.15, -0.1) is 0 Å². The van der Waals surface area contributed by atoms with E-state index in [-0.39, 0.29) is 43.3 Å². The lowest BCUT2D eigenvalue weighted by atomic mass is 9.82. The van der Waals surface area contributed by atoms with Crippen LogP contribution < -0.4 is 14.5 Å². The first-order valence-corrected chi connectivity index (χ1v) is 22.0. The fraction of sp³-hybridized carbons (Fsp3) is 0.341. The maximum Gasteiger partial charge on any atom is 0.266 e. The number of likely N-dealkylation sites (tertiary alicyclic amines) is 1. The Balaban J connectivity index is 1.11. The maximum absolute atomic E-state index is 14.9. The molecule has 0 unspecified atom stereocenters. The molecule has 3 amide bonds. The molecule has 0 saturated carbocycles. The SMILES string of the molecule is C[C@H]1[C@H]([Si](C)(C)O)[C@@H](CC(=O)N2CCC[C@H]2CO)O[C@]12C(=O)N(Cc1ccc(N3C(=O)c4ccccc4Oc4ccccc43)cc1)c1ccc(Br)cc12. The molecule has 1 spiro atoms. The number of carbonyl (C=O) groups excluding carboxylic acids is 3. The Hall–Kier alpha value is -4.33. The monoisotopic (exact) mass is 795 g/mol. The predicted molar refractivity (Wildman–Crippen MR) is 207 cm³/mol. The number of rotatable bonds is 7. The molecule has 8 rings (SSSR count). The quantitative estimate of drug-likeness (QED) is 0.189. The zero-order valence-corrected chi connectivity index (χ0v) is 32.5. The number of aliphatic hydroxyl groups is 1. The smallest absolute Gasteiger partial charge is 0.266 e. The maximum atomic E-state index is 14.9. The molecule has 2 saturated heterocycles. The first kappa shape index (κ1) is 35.7. The number of amides is 3. The molecular weight excluding hydrogens is 754 g/mol. The summed E-state index contributed by atoms with van der Waals surface area (Å²) < 4.78 is 13.9. The van der Waals surface area contributed by atoms with Crippen molar-refractivity contribution in [2.45, 2.75) is 69.1 Å². The van der Waals surface area contributed by atoms with Gasteiger partial charge in [-0.1, -0.05) is 59.3 Å². The molecule has 4 aromatic carbocycles. The molecule has 4 aliphatic heterocycles. The van der Waals surface area contributed by atoms with E-state index >= 15 is 0 Å². The first-order chi connectivity index (χ1) is 25.4. The zero-order chi connectivity index (χ0) is 37.2. The van der Waals surface area contributed by atoms with Crippen molar-refractivity contribution in [3.8, 4) is 11.5 Å². The number of hydrogen-bond acceptors (Lipinski definition) is 7. The average molecular weight is 797 g/mol. The van der Waals surface area contributed by atoms with Crippen molar-refractivity contribution in [3.63, 3.8) is 0 Å². The summed E-state index contributed by atoms with van der Waals surface area (Å²) in [5, 5.41) is 9.90. The van der Waals surface area contributed by atoms with Gasteiger partial charge in [-0.05, 0) is 86.1 Å². The van der Waals surface area contributed by atoms with Crippen molar-refractivity contribution in [1.29, 1.82) is 0 Å². The van der Waals surface area contributed by atoms with Crippen molar-refractivity contribution < 1.29 is 33.8 Å². The molecule has 0 radical (unpaired) electrons. The lowest BCUT2D eigenvalue weighted by molar-refractivity contribution is -0.150. The number of para-hydroxylation sites is 3. The van der Waals surface area contributed by atoms with E-state index in [9.17, 15) is 24.3 Å². The summed E-state index contributed by atoms with van der Waals surface area (Å²) >= 11 is 3.62. The fourth-order valence-electron chi connectivity index (χ4n) is 9.05. The molecule has 5 atom stereocenters. The summed E-state index contributed by atoms with van der Waals surface area (Å²) in [7, 11) is -2.98. The molecule has 10 nitrogen and oxygen atoms in total. The predicted octanol–water partition coefficient (Wildman–Crippen LogP) is 7.25. The van der Waals surface area contributed by atoms with Crippen LogP contribution in [0.4, 0.5) is 17.1 Å². The number of hydrogen-bond donors (Lipinski definition) is 2. The summed E-state index contributed by atoms with van der Waals surface area (Å²) in [6, 6.07) is 27.7. The first-order valence-electron chi connectivity index (χ1n) is 18.1. The lowest BCUT2D eigenvalue weighted by Gasteiger charge is -2.33. The summed E-state index contributed by atoms with van der Waals surface area (Å²) in [5.41, 5.74) is 2.18. The molecule has 4 aliphatic rings. The largest absolute Gasteiger partial charge is 0.454 e. The van der Waals surface area contributed by atoms with Crippen LogP contribution in [-0.4, -0.2) is 66.1 Å². The summed E-state index contributed by atoms with van der Waals surface area (Å²) in [4.78, 5) is 59.4. The molecule has 4 aromatic rings. The van der Waals surface area contributed by atoms with Crippen molar-refractivity contribution in [2.24, 2.45) is 5.92 Å². The van der Waals surface area contributed by atoms with E-state index in [0.717, 1.165) is 22.9 Å². The number of benzene rings is 4. The number of aliphatic hydroxyl groups excluding tert-OH is 1. The number of carbonyl (C=O) groups is 3. The second-order valence-corrected chi connectivity index (χ2v) is 19.9. The van der Waals surface area contributed by atoms with E-state index < -0.39 is 31.5 Å². The van der Waals surface area contributed by atoms with Gasteiger partial charge in [0.05, 0.1) is 48.7 Å². The molecule has 2 N–H and O–H groups in total. The third kappa shape index (κ3) is 5.91. The van der Waals surface area contributed by atoms with Crippen LogP contribution in [0.2, 0.25) is 18.6 Å². The number of fused-ring (bicyclic) bond motifs is 4. The van der Waals surface area contributed by atoms with Gasteiger partial charge in [0.1, 0.15) is 5.75 Å². The Morgan fingerprint density at radius 3 is 2.42 bits per heavy atom. The van der Waals surface area contributed by atoms with Crippen LogP contribution in [0.25, 0.3) is 0 Å². The lowest BCUT2D eigenvalue weighted by Crippen LogP contribution is -2.46. The topological polar surface area (TPSA) is 120 Å². The van der Waals surface area contributed by atoms with E-state index in [1.165, 1.54) is 0 Å². The Morgan fingerprint density at radius 1 is 0.962 bits per heavy atom. The van der Waals surface area contributed by atoms with Gasteiger partial charge in [-0.3, -0.25) is 19.3 Å². The molecule has 0 aliphatic carbocycles. The molecule has 274 valence electrons. The van der Waals surface area contributed by atoms with Crippen molar-refractivity contribution in [1.82, 2.24) is 4.90 Å². The van der Waals surface area contributed by atoms with Crippen LogP contribution in [-0.2, 0) is 26.5 Å². The highest BCUT2D eigenvalue weighted by atomic mass is 79.9. The summed E-state index contributed by atoms with van der Waals surface area (Å²) in [6.45, 7) is 6.37. The molecule has 4 heterocycles. The standard InChI is InChI=1S/C41H42BrN3O7Si/c1-25-38(53(2,3)50)36(22-37(47)43-20-8-9-29(43)24-46)52-41(25)31-21-27(42)16-19-32(31)44(40(41)49)23-26-14-17-28(18-15-26)45-33-11-5-7-13-35(33)51-34-12-6-4-10-30(34)39(45)48/h4-7,10-19,21,25,29,36,38,46,50H,8-9,20,22-24H2,1-3H3/t25-,29-,36+,38-,41+/m0/s1. The van der Waals surface area contributed by atoms with Gasteiger partial charge >= 0.3 is 0 Å². The summed E-state index contributed by atoms with van der Waals surface area (Å²) in [5.74, 6) is 0.0578. The normalized spacial score (nSPS) is 25.0. The highest BCUT2D eigenvalue weighted by Crippen LogP contribution is 2.60. The summed E-state index contributed by atoms with van der Waals surface area (Å²) in [6.07, 6.45) is 0.919. The third-order valence-corrected chi connectivity index (χ3v) is 14.4. The van der Waals surface area contributed by atoms with Crippen molar-refractivity contribution in [3.05, 3.63) is 112 Å². The van der Waals surface area contributed by atoms with Crippen molar-refractivity contribution in [2.75, 3.05) is 23.0 Å². The highest BCUT2D eigenvalue weighted by Gasteiger charge is 2.66. The van der Waals surface area contributed by atoms with E-state index in [0.29, 0.717) is 46.2 Å². The van der Waals surface area contributed by atoms with Gasteiger partial charge in [0, 0.05) is 33.7 Å². The minimum atomic E-state index is -2.98. The number of ether oxygens (including phenoxy) is 2. The van der Waals surface area contributed by atoms with E-state index in [1.807, 2.05) is 98.9 Å². The van der Waals surface area contributed by atoms with Crippen molar-refractivity contribution >= 4 is 59.0 Å². The highest BCUT2D eigenvalue weighted by molar-refractivity contribution is 9.10. The fourth-order valence-corrected chi connectivity index (χ4v) is 12.0. The van der Waals surface area contributed by atoms with E-state index in [1.54, 1.807) is 26.8 Å². The number of nitrogens with zero attached hydrogens (tertiary/aromatic N) is 3. The molecule has 12 heteroatoms. The molecular formula is C41H42BrN3O7Si.